The van der Waals surface area contributed by atoms with Crippen LogP contribution in [0.3, 0.4) is 0 Å². The van der Waals surface area contributed by atoms with Crippen LogP contribution in [0.5, 0.6) is 17.2 Å². The fourth-order valence-electron chi connectivity index (χ4n) is 2.46. The Kier molecular flexibility index (Phi) is 3.35. The molecule has 0 aliphatic carbocycles. The van der Waals surface area contributed by atoms with E-state index in [1.807, 2.05) is 0 Å². The van der Waals surface area contributed by atoms with Crippen LogP contribution in [-0.4, -0.2) is 17.7 Å². The summed E-state index contributed by atoms with van der Waals surface area (Å²) in [4.78, 5) is 12.8. The molecule has 1 N–H and O–H groups in total. The van der Waals surface area contributed by atoms with Crippen molar-refractivity contribution in [1.29, 1.82) is 0 Å². The predicted molar refractivity (Wildman–Crippen MR) is 89.3 cm³/mol. The third kappa shape index (κ3) is 2.22. The molecule has 1 aliphatic heterocycles. The molecule has 0 fully saturated rings. The smallest absolute Gasteiger partial charge is 0.231 e. The van der Waals surface area contributed by atoms with E-state index in [-0.39, 0.29) is 18.3 Å². The fourth-order valence-corrected chi connectivity index (χ4v) is 3.27. The average Bonchev–Trinajstić information content (AvgIpc) is 3.17. The van der Waals surface area contributed by atoms with Crippen LogP contribution in [0, 0.1) is 0 Å². The number of hydrogen-bond donors (Lipinski definition) is 1. The first-order valence-corrected chi connectivity index (χ1v) is 8.17. The number of ether oxygens (including phenoxy) is 2. The number of ketones is 1. The second-order valence-corrected chi connectivity index (χ2v) is 6.53. The first-order valence-electron chi connectivity index (χ1n) is 6.59. The third-order valence-corrected chi connectivity index (χ3v) is 5.70. The van der Waals surface area contributed by atoms with E-state index in [0.29, 0.717) is 42.5 Å². The number of carbonyl (C=O) groups excluding carboxylic acids is 1. The van der Waals surface area contributed by atoms with E-state index in [2.05, 4.69) is 31.9 Å². The minimum absolute atomic E-state index is 0.0190. The molecule has 0 unspecified atom stereocenters. The summed E-state index contributed by atoms with van der Waals surface area (Å²) >= 11 is 6.60. The minimum atomic E-state index is -0.226. The van der Waals surface area contributed by atoms with Crippen molar-refractivity contribution < 1.29 is 23.8 Å². The van der Waals surface area contributed by atoms with E-state index in [4.69, 9.17) is 13.9 Å². The molecule has 0 saturated heterocycles. The summed E-state index contributed by atoms with van der Waals surface area (Å²) in [6.07, 6.45) is 1.38. The van der Waals surface area contributed by atoms with Gasteiger partial charge in [-0.25, -0.2) is 0 Å². The Morgan fingerprint density at radius 3 is 2.70 bits per heavy atom. The molecule has 1 aliphatic rings. The molecule has 0 saturated carbocycles. The van der Waals surface area contributed by atoms with Gasteiger partial charge in [-0.2, -0.15) is 0 Å². The monoisotopic (exact) mass is 438 g/mol. The van der Waals surface area contributed by atoms with Crippen molar-refractivity contribution in [2.75, 3.05) is 6.79 Å². The Hall–Kier alpha value is -1.99. The van der Waals surface area contributed by atoms with Crippen LogP contribution in [0.4, 0.5) is 0 Å². The molecular formula is C16H8Br2O5. The molecule has 5 nitrogen and oxygen atoms in total. The second kappa shape index (κ2) is 5.28. The number of hydrogen-bond acceptors (Lipinski definition) is 5. The summed E-state index contributed by atoms with van der Waals surface area (Å²) in [5, 5.41) is 10.5. The average molecular weight is 440 g/mol. The largest absolute Gasteiger partial charge is 0.507 e. The lowest BCUT2D eigenvalue weighted by Crippen LogP contribution is -2.00. The van der Waals surface area contributed by atoms with Gasteiger partial charge in [0.2, 0.25) is 6.79 Å². The van der Waals surface area contributed by atoms with Gasteiger partial charge in [0.15, 0.2) is 17.3 Å². The van der Waals surface area contributed by atoms with E-state index in [1.54, 1.807) is 18.2 Å². The highest BCUT2D eigenvalue weighted by Gasteiger charge is 2.22. The number of phenols is 1. The summed E-state index contributed by atoms with van der Waals surface area (Å²) < 4.78 is 17.1. The number of fused-ring (bicyclic) bond motifs is 2. The van der Waals surface area contributed by atoms with Crippen molar-refractivity contribution in [2.45, 2.75) is 0 Å². The van der Waals surface area contributed by atoms with Crippen molar-refractivity contribution >= 4 is 48.6 Å². The maximum absolute atomic E-state index is 12.8. The lowest BCUT2D eigenvalue weighted by molar-refractivity contribution is 0.103. The molecule has 0 bridgehead atoms. The van der Waals surface area contributed by atoms with Gasteiger partial charge in [-0.15, -0.1) is 0 Å². The van der Waals surface area contributed by atoms with Gasteiger partial charge in [0.1, 0.15) is 17.6 Å². The summed E-state index contributed by atoms with van der Waals surface area (Å²) in [7, 11) is 0. The third-order valence-electron chi connectivity index (χ3n) is 3.61. The molecule has 2 aromatic carbocycles. The van der Waals surface area contributed by atoms with Crippen LogP contribution >= 0.6 is 31.9 Å². The van der Waals surface area contributed by atoms with Crippen molar-refractivity contribution in [1.82, 2.24) is 0 Å². The summed E-state index contributed by atoms with van der Waals surface area (Å²) in [6, 6.07) is 6.50. The van der Waals surface area contributed by atoms with Gasteiger partial charge < -0.3 is 19.0 Å². The number of halogens is 2. The van der Waals surface area contributed by atoms with Crippen molar-refractivity contribution in [2.24, 2.45) is 0 Å². The Morgan fingerprint density at radius 2 is 1.87 bits per heavy atom. The van der Waals surface area contributed by atoms with Gasteiger partial charge in [-0.1, -0.05) is 0 Å². The maximum atomic E-state index is 12.8. The molecule has 7 heteroatoms. The van der Waals surface area contributed by atoms with Crippen LogP contribution < -0.4 is 9.47 Å². The van der Waals surface area contributed by atoms with Crippen LogP contribution in [0.25, 0.3) is 11.0 Å². The first-order chi connectivity index (χ1) is 11.1. The Morgan fingerprint density at radius 1 is 1.09 bits per heavy atom. The Labute approximate surface area is 147 Å². The van der Waals surface area contributed by atoms with Gasteiger partial charge in [-0.3, -0.25) is 4.79 Å². The zero-order chi connectivity index (χ0) is 16.1. The quantitative estimate of drug-likeness (QED) is 0.590. The van der Waals surface area contributed by atoms with Gasteiger partial charge >= 0.3 is 0 Å². The van der Waals surface area contributed by atoms with Gasteiger partial charge in [0.05, 0.1) is 14.5 Å². The normalized spacial score (nSPS) is 12.8. The molecule has 1 aromatic heterocycles. The van der Waals surface area contributed by atoms with Gasteiger partial charge in [0, 0.05) is 10.9 Å². The highest BCUT2D eigenvalue weighted by atomic mass is 79.9. The number of aromatic hydroxyl groups is 1. The van der Waals surface area contributed by atoms with E-state index in [0.717, 1.165) is 0 Å². The van der Waals surface area contributed by atoms with E-state index in [1.165, 1.54) is 12.3 Å². The minimum Gasteiger partial charge on any atom is -0.507 e. The molecule has 0 radical (unpaired) electrons. The Balaban J connectivity index is 1.84. The molecule has 23 heavy (non-hydrogen) atoms. The SMILES string of the molecule is O=C(c1ccc2c(c1)OCO2)c1coc2c(Br)c(Br)c(O)cc12. The number of benzene rings is 2. The second-order valence-electron chi connectivity index (χ2n) is 4.95. The van der Waals surface area contributed by atoms with Gasteiger partial charge in [0.25, 0.3) is 0 Å². The van der Waals surface area contributed by atoms with E-state index < -0.39 is 0 Å². The summed E-state index contributed by atoms with van der Waals surface area (Å²) in [5.74, 6) is 0.944. The molecule has 3 aromatic rings. The highest BCUT2D eigenvalue weighted by molar-refractivity contribution is 9.13. The predicted octanol–water partition coefficient (Wildman–Crippen LogP) is 4.62. The molecule has 116 valence electrons. The van der Waals surface area contributed by atoms with Crippen LogP contribution in [0.15, 0.2) is 43.9 Å². The Bertz CT molecular complexity index is 961. The summed E-state index contributed by atoms with van der Waals surface area (Å²) in [6.45, 7) is 0.149. The molecule has 4 rings (SSSR count). The lowest BCUT2D eigenvalue weighted by atomic mass is 10.0. The molecule has 0 spiro atoms. The summed E-state index contributed by atoms with van der Waals surface area (Å²) in [5.41, 5.74) is 1.30. The van der Waals surface area contributed by atoms with Crippen molar-refractivity contribution in [3.63, 3.8) is 0 Å². The van der Waals surface area contributed by atoms with Crippen LogP contribution in [0.1, 0.15) is 15.9 Å². The van der Waals surface area contributed by atoms with Crippen LogP contribution in [0.2, 0.25) is 0 Å². The van der Waals surface area contributed by atoms with E-state index >= 15 is 0 Å². The molecule has 0 amide bonds. The zero-order valence-corrected chi connectivity index (χ0v) is 14.6. The topological polar surface area (TPSA) is 68.9 Å². The highest BCUT2D eigenvalue weighted by Crippen LogP contribution is 2.41. The molecular weight excluding hydrogens is 432 g/mol. The number of rotatable bonds is 2. The maximum Gasteiger partial charge on any atom is 0.231 e. The van der Waals surface area contributed by atoms with Crippen molar-refractivity contribution in [3.05, 3.63) is 50.6 Å². The fraction of sp³-hybridized carbons (Fsp3) is 0.0625. The number of furan rings is 1. The van der Waals surface area contributed by atoms with Gasteiger partial charge in [-0.05, 0) is 56.1 Å². The van der Waals surface area contributed by atoms with Crippen molar-refractivity contribution in [3.8, 4) is 17.2 Å². The number of phenolic OH excluding ortho intramolecular Hbond substituents is 1. The molecule has 2 heterocycles. The van der Waals surface area contributed by atoms with E-state index in [9.17, 15) is 9.90 Å². The number of carbonyl (C=O) groups is 1. The lowest BCUT2D eigenvalue weighted by Gasteiger charge is -2.03. The van der Waals surface area contributed by atoms with Crippen LogP contribution in [-0.2, 0) is 0 Å². The zero-order valence-electron chi connectivity index (χ0n) is 11.4. The first kappa shape index (κ1) is 14.6. The molecule has 0 atom stereocenters. The standard InChI is InChI=1S/C16H8Br2O5/c17-13-10(19)4-8-9(5-21-16(8)14(13)18)15(20)7-1-2-11-12(3-7)23-6-22-11/h1-5,19H,6H2.